The van der Waals surface area contributed by atoms with Gasteiger partial charge in [0.25, 0.3) is 0 Å². The highest BCUT2D eigenvalue weighted by molar-refractivity contribution is 5.93. The fraction of sp³-hybridized carbons (Fsp3) is 0.200. The Morgan fingerprint density at radius 2 is 1.82 bits per heavy atom. The number of nitrogens with zero attached hydrogens (tertiary/aromatic N) is 1. The molecule has 17 heavy (non-hydrogen) atoms. The Kier molecular flexibility index (Phi) is 3.66. The van der Waals surface area contributed by atoms with Crippen molar-refractivity contribution in [2.45, 2.75) is 19.8 Å². The Morgan fingerprint density at radius 3 is 2.53 bits per heavy atom. The number of aryl methyl sites for hydroxylation is 2. The number of benzene rings is 1. The molecule has 1 aromatic carbocycles. The van der Waals surface area contributed by atoms with Crippen molar-refractivity contribution in [3.8, 4) is 0 Å². The number of aromatic nitrogens is 1. The molecule has 1 aromatic heterocycles. The predicted molar refractivity (Wildman–Crippen MR) is 68.1 cm³/mol. The molecule has 2 heteroatoms. The standard InChI is InChI=1S/C15H15NO/c1-12(17)15-14(8-5-11-16-15)10-9-13-6-3-2-4-7-13/h2-8,11H,9-10H2,1H3. The monoisotopic (exact) mass is 225 g/mol. The summed E-state index contributed by atoms with van der Waals surface area (Å²) in [4.78, 5) is 15.6. The first-order valence-electron chi connectivity index (χ1n) is 5.76. The van der Waals surface area contributed by atoms with Gasteiger partial charge in [-0.3, -0.25) is 9.78 Å². The van der Waals surface area contributed by atoms with Crippen molar-refractivity contribution in [3.05, 3.63) is 65.5 Å². The van der Waals surface area contributed by atoms with Gasteiger partial charge in [-0.25, -0.2) is 0 Å². The molecule has 0 unspecified atom stereocenters. The number of rotatable bonds is 4. The van der Waals surface area contributed by atoms with Gasteiger partial charge in [0, 0.05) is 13.1 Å². The number of hydrogen-bond donors (Lipinski definition) is 0. The first-order valence-corrected chi connectivity index (χ1v) is 5.76. The third-order valence-electron chi connectivity index (χ3n) is 2.75. The molecule has 0 spiro atoms. The first-order chi connectivity index (χ1) is 8.27. The van der Waals surface area contributed by atoms with E-state index in [-0.39, 0.29) is 5.78 Å². The fourth-order valence-corrected chi connectivity index (χ4v) is 1.88. The maximum absolute atomic E-state index is 11.4. The summed E-state index contributed by atoms with van der Waals surface area (Å²) in [6.45, 7) is 1.56. The summed E-state index contributed by atoms with van der Waals surface area (Å²) in [5, 5.41) is 0. The minimum absolute atomic E-state index is 0.0358. The molecule has 2 nitrogen and oxygen atoms in total. The van der Waals surface area contributed by atoms with Gasteiger partial charge in [0.15, 0.2) is 5.78 Å². The van der Waals surface area contributed by atoms with Gasteiger partial charge in [0.1, 0.15) is 5.69 Å². The van der Waals surface area contributed by atoms with E-state index in [0.717, 1.165) is 18.4 Å². The highest BCUT2D eigenvalue weighted by Crippen LogP contribution is 2.10. The SMILES string of the molecule is CC(=O)c1ncccc1CCc1ccccc1. The summed E-state index contributed by atoms with van der Waals surface area (Å²) in [5.74, 6) is 0.0358. The van der Waals surface area contributed by atoms with Crippen LogP contribution in [0.1, 0.15) is 28.5 Å². The molecule has 0 amide bonds. The molecule has 1 heterocycles. The van der Waals surface area contributed by atoms with Crippen LogP contribution in [0.3, 0.4) is 0 Å². The van der Waals surface area contributed by atoms with Gasteiger partial charge in [-0.1, -0.05) is 36.4 Å². The van der Waals surface area contributed by atoms with E-state index in [0.29, 0.717) is 5.69 Å². The summed E-state index contributed by atoms with van der Waals surface area (Å²) in [6.07, 6.45) is 3.46. The van der Waals surface area contributed by atoms with Crippen LogP contribution in [0.25, 0.3) is 0 Å². The van der Waals surface area contributed by atoms with Gasteiger partial charge in [-0.15, -0.1) is 0 Å². The van der Waals surface area contributed by atoms with Crippen LogP contribution in [0.4, 0.5) is 0 Å². The largest absolute Gasteiger partial charge is 0.293 e. The van der Waals surface area contributed by atoms with Crippen molar-refractivity contribution in [1.82, 2.24) is 4.98 Å². The molecular weight excluding hydrogens is 210 g/mol. The van der Waals surface area contributed by atoms with Crippen LogP contribution in [-0.4, -0.2) is 10.8 Å². The van der Waals surface area contributed by atoms with Crippen LogP contribution in [0.15, 0.2) is 48.7 Å². The van der Waals surface area contributed by atoms with E-state index >= 15 is 0 Å². The molecule has 0 saturated heterocycles. The maximum Gasteiger partial charge on any atom is 0.178 e. The Labute approximate surface area is 101 Å². The van der Waals surface area contributed by atoms with Crippen LogP contribution in [0, 0.1) is 0 Å². The second-order valence-corrected chi connectivity index (χ2v) is 4.05. The number of pyridine rings is 1. The third-order valence-corrected chi connectivity index (χ3v) is 2.75. The molecule has 0 bridgehead atoms. The minimum atomic E-state index is 0.0358. The molecule has 0 saturated carbocycles. The zero-order chi connectivity index (χ0) is 12.1. The van der Waals surface area contributed by atoms with E-state index in [1.165, 1.54) is 5.56 Å². The average molecular weight is 225 g/mol. The van der Waals surface area contributed by atoms with Gasteiger partial charge in [0.05, 0.1) is 0 Å². The zero-order valence-corrected chi connectivity index (χ0v) is 9.89. The number of Topliss-reactive ketones (excluding diaryl/α,β-unsaturated/α-hetero) is 1. The molecule has 0 fully saturated rings. The van der Waals surface area contributed by atoms with Gasteiger partial charge in [-0.05, 0) is 30.0 Å². The summed E-state index contributed by atoms with van der Waals surface area (Å²) in [6, 6.07) is 14.1. The third kappa shape index (κ3) is 3.00. The molecule has 0 aliphatic heterocycles. The normalized spacial score (nSPS) is 10.2. The Hall–Kier alpha value is -1.96. The number of carbonyl (C=O) groups is 1. The Morgan fingerprint density at radius 1 is 1.06 bits per heavy atom. The van der Waals surface area contributed by atoms with E-state index < -0.39 is 0 Å². The molecule has 0 N–H and O–H groups in total. The van der Waals surface area contributed by atoms with Crippen molar-refractivity contribution in [3.63, 3.8) is 0 Å². The highest BCUT2D eigenvalue weighted by atomic mass is 16.1. The summed E-state index contributed by atoms with van der Waals surface area (Å²) in [7, 11) is 0. The molecule has 2 rings (SSSR count). The summed E-state index contributed by atoms with van der Waals surface area (Å²) in [5.41, 5.74) is 2.91. The van der Waals surface area contributed by atoms with Crippen molar-refractivity contribution in [2.24, 2.45) is 0 Å². The average Bonchev–Trinajstić information content (AvgIpc) is 2.38. The second-order valence-electron chi connectivity index (χ2n) is 4.05. The lowest BCUT2D eigenvalue weighted by atomic mass is 10.0. The quantitative estimate of drug-likeness (QED) is 0.748. The number of ketones is 1. The van der Waals surface area contributed by atoms with E-state index in [9.17, 15) is 4.79 Å². The minimum Gasteiger partial charge on any atom is -0.293 e. The maximum atomic E-state index is 11.4. The first kappa shape index (κ1) is 11.5. The van der Waals surface area contributed by atoms with Crippen LogP contribution in [0.5, 0.6) is 0 Å². The van der Waals surface area contributed by atoms with Crippen molar-refractivity contribution >= 4 is 5.78 Å². The van der Waals surface area contributed by atoms with Crippen LogP contribution in [0.2, 0.25) is 0 Å². The lowest BCUT2D eigenvalue weighted by Crippen LogP contribution is -2.04. The predicted octanol–water partition coefficient (Wildman–Crippen LogP) is 3.07. The Bertz CT molecular complexity index is 505. The Balaban J connectivity index is 2.12. The van der Waals surface area contributed by atoms with Crippen molar-refractivity contribution in [2.75, 3.05) is 0 Å². The van der Waals surface area contributed by atoms with Crippen LogP contribution >= 0.6 is 0 Å². The molecule has 0 aliphatic carbocycles. The topological polar surface area (TPSA) is 30.0 Å². The molecule has 86 valence electrons. The van der Waals surface area contributed by atoms with Crippen molar-refractivity contribution in [1.29, 1.82) is 0 Å². The number of hydrogen-bond acceptors (Lipinski definition) is 2. The van der Waals surface area contributed by atoms with Gasteiger partial charge < -0.3 is 0 Å². The molecule has 2 aromatic rings. The zero-order valence-electron chi connectivity index (χ0n) is 9.89. The summed E-state index contributed by atoms with van der Waals surface area (Å²) >= 11 is 0. The van der Waals surface area contributed by atoms with Gasteiger partial charge >= 0.3 is 0 Å². The lowest BCUT2D eigenvalue weighted by Gasteiger charge is -2.05. The lowest BCUT2D eigenvalue weighted by molar-refractivity contribution is 0.101. The smallest absolute Gasteiger partial charge is 0.178 e. The van der Waals surface area contributed by atoms with E-state index in [1.54, 1.807) is 13.1 Å². The molecule has 0 radical (unpaired) electrons. The van der Waals surface area contributed by atoms with Crippen LogP contribution < -0.4 is 0 Å². The van der Waals surface area contributed by atoms with Crippen molar-refractivity contribution < 1.29 is 4.79 Å². The highest BCUT2D eigenvalue weighted by Gasteiger charge is 2.07. The van der Waals surface area contributed by atoms with E-state index in [4.69, 9.17) is 0 Å². The summed E-state index contributed by atoms with van der Waals surface area (Å²) < 4.78 is 0. The van der Waals surface area contributed by atoms with Gasteiger partial charge in [-0.2, -0.15) is 0 Å². The molecule has 0 aliphatic rings. The fourth-order valence-electron chi connectivity index (χ4n) is 1.88. The van der Waals surface area contributed by atoms with E-state index in [1.807, 2.05) is 30.3 Å². The second kappa shape index (κ2) is 5.39. The molecular formula is C15H15NO. The number of carbonyl (C=O) groups excluding carboxylic acids is 1. The van der Waals surface area contributed by atoms with E-state index in [2.05, 4.69) is 17.1 Å². The molecule has 0 atom stereocenters. The van der Waals surface area contributed by atoms with Crippen LogP contribution in [-0.2, 0) is 12.8 Å². The van der Waals surface area contributed by atoms with Gasteiger partial charge in [0.2, 0.25) is 0 Å².